The molecule has 0 aliphatic rings. The summed E-state index contributed by atoms with van der Waals surface area (Å²) in [6.45, 7) is 9.07. The first-order valence-corrected chi connectivity index (χ1v) is 20.3. The molecule has 0 aliphatic carbocycles. The maximum atomic E-state index is 12.1. The lowest BCUT2D eigenvalue weighted by molar-refractivity contribution is -0.157. The molecular formula is C42H78O5. The first-order chi connectivity index (χ1) is 23.2. The summed E-state index contributed by atoms with van der Waals surface area (Å²) in [6.07, 6.45) is 38.7. The third-order valence-corrected chi connectivity index (χ3v) is 9.24. The molecule has 0 bridgehead atoms. The molecule has 0 saturated carbocycles. The Bertz CT molecular complexity index is 671. The largest absolute Gasteiger partial charge is 0.347 e. The summed E-state index contributed by atoms with van der Waals surface area (Å²) in [5.74, 6) is 0. The summed E-state index contributed by atoms with van der Waals surface area (Å²) >= 11 is 0. The van der Waals surface area contributed by atoms with E-state index in [4.69, 9.17) is 14.2 Å². The molecule has 5 nitrogen and oxygen atoms in total. The minimum atomic E-state index is -0.250. The molecule has 0 aromatic carbocycles. The molecule has 0 N–H and O–H groups in total. The molecule has 0 rings (SSSR count). The Labute approximate surface area is 292 Å². The topological polar surface area (TPSA) is 61.8 Å². The van der Waals surface area contributed by atoms with Gasteiger partial charge < -0.3 is 14.2 Å². The van der Waals surface area contributed by atoms with E-state index in [0.717, 1.165) is 87.9 Å². The van der Waals surface area contributed by atoms with Gasteiger partial charge in [-0.2, -0.15) is 0 Å². The normalized spacial score (nSPS) is 13.6. The Hall–Kier alpha value is -1.30. The van der Waals surface area contributed by atoms with Crippen LogP contribution in [0.2, 0.25) is 0 Å². The number of hydrogen-bond acceptors (Lipinski definition) is 5. The van der Waals surface area contributed by atoms with Gasteiger partial charge in [0.05, 0.1) is 12.2 Å². The highest BCUT2D eigenvalue weighted by Crippen LogP contribution is 2.19. The highest BCUT2D eigenvalue weighted by molar-refractivity contribution is 5.75. The Morgan fingerprint density at radius 2 is 0.723 bits per heavy atom. The fourth-order valence-electron chi connectivity index (χ4n) is 6.10. The average molecular weight is 663 g/mol. The van der Waals surface area contributed by atoms with E-state index in [0.29, 0.717) is 0 Å². The van der Waals surface area contributed by atoms with Crippen molar-refractivity contribution in [3.63, 3.8) is 0 Å². The minimum Gasteiger partial charge on any atom is -0.347 e. The molecule has 47 heavy (non-hydrogen) atoms. The van der Waals surface area contributed by atoms with Gasteiger partial charge in [-0.15, -0.1) is 0 Å². The van der Waals surface area contributed by atoms with Crippen molar-refractivity contribution in [3.05, 3.63) is 23.3 Å². The standard InChI is InChI=1S/C42H78O5/c1-5-9-13-17-19-21-23-25-27-31-39(35-43)41(33-29-15-11-7-3)46-37-45-38-47-42(34-30-16-12-8-4)40(36-44)32-28-26-24-22-20-18-14-10-6-2/h31-32,35-36,41-42H,5-30,33-34,37-38H2,1-4H3. The predicted octanol–water partition coefficient (Wildman–Crippen LogP) is 12.9. The predicted molar refractivity (Wildman–Crippen MR) is 201 cm³/mol. The second-order valence-corrected chi connectivity index (χ2v) is 13.6. The van der Waals surface area contributed by atoms with Crippen LogP contribution in [-0.2, 0) is 23.8 Å². The fraction of sp³-hybridized carbons (Fsp3) is 0.857. The van der Waals surface area contributed by atoms with E-state index in [2.05, 4.69) is 39.8 Å². The molecule has 0 radical (unpaired) electrons. The Balaban J connectivity index is 4.87. The summed E-state index contributed by atoms with van der Waals surface area (Å²) < 4.78 is 18.1. The number of hydrogen-bond donors (Lipinski definition) is 0. The van der Waals surface area contributed by atoms with Crippen molar-refractivity contribution in [2.24, 2.45) is 0 Å². The van der Waals surface area contributed by atoms with E-state index in [9.17, 15) is 9.59 Å². The van der Waals surface area contributed by atoms with Crippen LogP contribution in [0.1, 0.15) is 207 Å². The van der Waals surface area contributed by atoms with Crippen LogP contribution in [-0.4, -0.2) is 38.4 Å². The lowest BCUT2D eigenvalue weighted by Crippen LogP contribution is -2.22. The number of aldehydes is 2. The molecule has 0 aromatic heterocycles. The van der Waals surface area contributed by atoms with E-state index in [1.807, 2.05) is 0 Å². The van der Waals surface area contributed by atoms with Gasteiger partial charge in [0.15, 0.2) is 0 Å². The quantitative estimate of drug-likeness (QED) is 0.0285. The van der Waals surface area contributed by atoms with Crippen LogP contribution in [0.5, 0.6) is 0 Å². The Morgan fingerprint density at radius 3 is 1.04 bits per heavy atom. The molecule has 0 spiro atoms. The third kappa shape index (κ3) is 29.3. The van der Waals surface area contributed by atoms with Crippen LogP contribution in [0.25, 0.3) is 0 Å². The minimum absolute atomic E-state index is 0.0718. The molecule has 0 aromatic rings. The maximum Gasteiger partial charge on any atom is 0.150 e. The third-order valence-electron chi connectivity index (χ3n) is 9.24. The van der Waals surface area contributed by atoms with Crippen LogP contribution in [0, 0.1) is 0 Å². The number of carbonyl (C=O) groups is 2. The van der Waals surface area contributed by atoms with Gasteiger partial charge in [-0.05, 0) is 38.5 Å². The van der Waals surface area contributed by atoms with Crippen molar-refractivity contribution in [2.75, 3.05) is 13.6 Å². The molecular weight excluding hydrogens is 584 g/mol. The lowest BCUT2D eigenvalue weighted by Gasteiger charge is -2.21. The molecule has 0 aliphatic heterocycles. The van der Waals surface area contributed by atoms with Crippen molar-refractivity contribution in [1.29, 1.82) is 0 Å². The highest BCUT2D eigenvalue weighted by atomic mass is 16.7. The monoisotopic (exact) mass is 663 g/mol. The molecule has 0 amide bonds. The van der Waals surface area contributed by atoms with Crippen LogP contribution in [0.4, 0.5) is 0 Å². The molecule has 0 saturated heterocycles. The summed E-state index contributed by atoms with van der Waals surface area (Å²) in [5, 5.41) is 0. The number of carbonyl (C=O) groups excluding carboxylic acids is 2. The first-order valence-electron chi connectivity index (χ1n) is 20.3. The zero-order valence-corrected chi connectivity index (χ0v) is 31.7. The van der Waals surface area contributed by atoms with Crippen molar-refractivity contribution < 1.29 is 23.8 Å². The van der Waals surface area contributed by atoms with Crippen molar-refractivity contribution in [1.82, 2.24) is 0 Å². The van der Waals surface area contributed by atoms with Gasteiger partial charge in [-0.25, -0.2) is 0 Å². The lowest BCUT2D eigenvalue weighted by atomic mass is 10.0. The smallest absolute Gasteiger partial charge is 0.150 e. The van der Waals surface area contributed by atoms with E-state index in [-0.39, 0.29) is 25.8 Å². The number of unbranched alkanes of at least 4 members (excludes halogenated alkanes) is 22. The van der Waals surface area contributed by atoms with Gasteiger partial charge in [-0.3, -0.25) is 9.59 Å². The second kappa shape index (κ2) is 37.5. The number of ether oxygens (including phenoxy) is 3. The number of allylic oxidation sites excluding steroid dienone is 2. The molecule has 5 heteroatoms. The van der Waals surface area contributed by atoms with Crippen LogP contribution in [0.3, 0.4) is 0 Å². The van der Waals surface area contributed by atoms with Crippen LogP contribution < -0.4 is 0 Å². The van der Waals surface area contributed by atoms with Crippen LogP contribution in [0.15, 0.2) is 23.3 Å². The van der Waals surface area contributed by atoms with Gasteiger partial charge >= 0.3 is 0 Å². The van der Waals surface area contributed by atoms with Gasteiger partial charge in [0.2, 0.25) is 0 Å². The van der Waals surface area contributed by atoms with Gasteiger partial charge in [-0.1, -0.05) is 181 Å². The SMILES string of the molecule is CCCCCCCCCCC=C(C=O)C(CCCCCC)OCOCOC(CCCCCC)C(C=O)=CCCCCCCCCCC. The summed E-state index contributed by atoms with van der Waals surface area (Å²) in [4.78, 5) is 24.2. The van der Waals surface area contributed by atoms with Crippen LogP contribution >= 0.6 is 0 Å². The summed E-state index contributed by atoms with van der Waals surface area (Å²) in [7, 11) is 0. The average Bonchev–Trinajstić information content (AvgIpc) is 3.09. The zero-order valence-electron chi connectivity index (χ0n) is 31.7. The van der Waals surface area contributed by atoms with Crippen molar-refractivity contribution in [2.45, 2.75) is 220 Å². The van der Waals surface area contributed by atoms with Gasteiger partial charge in [0.1, 0.15) is 26.2 Å². The second-order valence-electron chi connectivity index (χ2n) is 13.6. The Kier molecular flexibility index (Phi) is 36.5. The molecule has 2 unspecified atom stereocenters. The fourth-order valence-corrected chi connectivity index (χ4v) is 6.10. The number of rotatable bonds is 38. The van der Waals surface area contributed by atoms with Crippen molar-refractivity contribution in [3.8, 4) is 0 Å². The maximum absolute atomic E-state index is 12.1. The van der Waals surface area contributed by atoms with E-state index in [1.54, 1.807) is 0 Å². The zero-order chi connectivity index (χ0) is 34.5. The van der Waals surface area contributed by atoms with Gasteiger partial charge in [0, 0.05) is 11.1 Å². The molecule has 276 valence electrons. The van der Waals surface area contributed by atoms with E-state index in [1.165, 1.54) is 116 Å². The van der Waals surface area contributed by atoms with E-state index >= 15 is 0 Å². The van der Waals surface area contributed by atoms with Gasteiger partial charge in [0.25, 0.3) is 0 Å². The molecule has 2 atom stereocenters. The van der Waals surface area contributed by atoms with E-state index < -0.39 is 0 Å². The molecule has 0 fully saturated rings. The Morgan fingerprint density at radius 1 is 0.426 bits per heavy atom. The summed E-state index contributed by atoms with van der Waals surface area (Å²) in [6, 6.07) is 0. The van der Waals surface area contributed by atoms with Crippen molar-refractivity contribution >= 4 is 12.6 Å². The highest BCUT2D eigenvalue weighted by Gasteiger charge is 2.17. The molecule has 0 heterocycles. The summed E-state index contributed by atoms with van der Waals surface area (Å²) in [5.41, 5.74) is 1.49. The first kappa shape index (κ1) is 45.7.